The quantitative estimate of drug-likeness (QED) is 0.549. The summed E-state index contributed by atoms with van der Waals surface area (Å²) in [5, 5.41) is 14.0. The van der Waals surface area contributed by atoms with Crippen LogP contribution in [0.15, 0.2) is 36.5 Å². The molecule has 11 heteroatoms. The first-order chi connectivity index (χ1) is 16.9. The second kappa shape index (κ2) is 9.59. The van der Waals surface area contributed by atoms with Gasteiger partial charge >= 0.3 is 0 Å². The van der Waals surface area contributed by atoms with Gasteiger partial charge in [0.15, 0.2) is 5.82 Å². The van der Waals surface area contributed by atoms with E-state index in [1.807, 2.05) is 28.9 Å². The Morgan fingerprint density at radius 2 is 1.69 bits per heavy atom. The van der Waals surface area contributed by atoms with Gasteiger partial charge in [-0.1, -0.05) is 12.2 Å². The molecular weight excluding hydrogens is 454 g/mol. The highest BCUT2D eigenvalue weighted by Crippen LogP contribution is 2.23. The van der Waals surface area contributed by atoms with E-state index in [0.717, 1.165) is 37.0 Å². The van der Waals surface area contributed by atoms with Crippen LogP contribution in [0.25, 0.3) is 11.9 Å². The smallest absolute Gasteiger partial charge is 0.224 e. The number of aliphatic hydroxyl groups is 1. The molecule has 2 aromatic heterocycles. The Balaban J connectivity index is 1.20. The predicted molar refractivity (Wildman–Crippen MR) is 131 cm³/mol. The molecule has 0 spiro atoms. The Hall–Kier alpha value is -3.57. The van der Waals surface area contributed by atoms with E-state index in [2.05, 4.69) is 26.0 Å². The Kier molecular flexibility index (Phi) is 6.35. The van der Waals surface area contributed by atoms with E-state index in [1.54, 1.807) is 10.9 Å². The van der Waals surface area contributed by atoms with Crippen molar-refractivity contribution < 1.29 is 13.9 Å². The lowest BCUT2D eigenvalue weighted by Gasteiger charge is -2.36. The minimum Gasteiger partial charge on any atom is -0.389 e. The molecule has 5 rings (SSSR count). The standard InChI is InChI=1S/C24H28F2N8O/c1-16-17(13-28-34(16)23-12-22(29-24(27)30-23)33-14-21(35)15-33)3-2-4-31-5-7-32(8-6-31)20-10-18(25)9-19(26)11-20/h2-3,9-13,21,35H,4-8,14-15H2,1H3,(H2,27,29,30)/b3-2+. The third-order valence-electron chi connectivity index (χ3n) is 6.41. The number of benzene rings is 1. The number of halogens is 2. The first-order valence-corrected chi connectivity index (χ1v) is 11.6. The molecule has 2 fully saturated rings. The second-order valence-electron chi connectivity index (χ2n) is 8.92. The van der Waals surface area contributed by atoms with E-state index >= 15 is 0 Å². The lowest BCUT2D eigenvalue weighted by Crippen LogP contribution is -2.51. The zero-order chi connectivity index (χ0) is 24.5. The van der Waals surface area contributed by atoms with Gasteiger partial charge in [-0.2, -0.15) is 15.1 Å². The van der Waals surface area contributed by atoms with Crippen LogP contribution >= 0.6 is 0 Å². The first-order valence-electron chi connectivity index (χ1n) is 11.6. The van der Waals surface area contributed by atoms with E-state index in [9.17, 15) is 13.9 Å². The van der Waals surface area contributed by atoms with Crippen molar-refractivity contribution in [2.24, 2.45) is 0 Å². The topological polar surface area (TPSA) is 99.6 Å². The molecule has 3 aromatic rings. The van der Waals surface area contributed by atoms with Crippen LogP contribution in [0.3, 0.4) is 0 Å². The van der Waals surface area contributed by atoms with Crippen molar-refractivity contribution >= 4 is 23.5 Å². The predicted octanol–water partition coefficient (Wildman–Crippen LogP) is 1.85. The van der Waals surface area contributed by atoms with E-state index in [-0.39, 0.29) is 12.1 Å². The normalized spacial score (nSPS) is 17.4. The molecule has 35 heavy (non-hydrogen) atoms. The molecule has 0 atom stereocenters. The molecule has 4 heterocycles. The number of aromatic nitrogens is 4. The largest absolute Gasteiger partial charge is 0.389 e. The number of nitrogens with zero attached hydrogens (tertiary/aromatic N) is 7. The molecular formula is C24H28F2N8O. The number of hydrogen-bond acceptors (Lipinski definition) is 8. The van der Waals surface area contributed by atoms with Crippen LogP contribution in [-0.2, 0) is 0 Å². The van der Waals surface area contributed by atoms with Crippen LogP contribution < -0.4 is 15.5 Å². The molecule has 0 bridgehead atoms. The zero-order valence-corrected chi connectivity index (χ0v) is 19.5. The van der Waals surface area contributed by atoms with Crippen molar-refractivity contribution in [3.8, 4) is 5.82 Å². The van der Waals surface area contributed by atoms with Crippen LogP contribution in [0.5, 0.6) is 0 Å². The first kappa shape index (κ1) is 23.2. The molecule has 2 aliphatic heterocycles. The molecule has 0 unspecified atom stereocenters. The summed E-state index contributed by atoms with van der Waals surface area (Å²) in [4.78, 5) is 14.8. The summed E-state index contributed by atoms with van der Waals surface area (Å²) in [5.74, 6) is 0.301. The second-order valence-corrected chi connectivity index (χ2v) is 8.92. The number of β-amino-alcohol motifs (C(OH)–C–C–N with tert-alkyl or cyclic N) is 1. The molecule has 0 amide bonds. The maximum atomic E-state index is 13.5. The minimum atomic E-state index is -0.554. The van der Waals surface area contributed by atoms with Crippen molar-refractivity contribution in [2.75, 3.05) is 61.3 Å². The Morgan fingerprint density at radius 1 is 1.00 bits per heavy atom. The van der Waals surface area contributed by atoms with E-state index in [1.165, 1.54) is 12.1 Å². The molecule has 0 radical (unpaired) electrons. The van der Waals surface area contributed by atoms with Crippen molar-refractivity contribution in [1.82, 2.24) is 24.6 Å². The van der Waals surface area contributed by atoms with Crippen molar-refractivity contribution in [2.45, 2.75) is 13.0 Å². The highest BCUT2D eigenvalue weighted by molar-refractivity contribution is 5.55. The summed E-state index contributed by atoms with van der Waals surface area (Å²) >= 11 is 0. The lowest BCUT2D eigenvalue weighted by atomic mass is 10.2. The van der Waals surface area contributed by atoms with Gasteiger partial charge in [-0.25, -0.2) is 13.5 Å². The van der Waals surface area contributed by atoms with E-state index in [4.69, 9.17) is 5.73 Å². The van der Waals surface area contributed by atoms with Gasteiger partial charge in [-0.05, 0) is 19.1 Å². The summed E-state index contributed by atoms with van der Waals surface area (Å²) in [6.45, 7) is 6.79. The molecule has 0 aliphatic carbocycles. The fraction of sp³-hybridized carbons (Fsp3) is 0.375. The molecule has 1 aromatic carbocycles. The van der Waals surface area contributed by atoms with Gasteiger partial charge in [0, 0.05) is 69.2 Å². The van der Waals surface area contributed by atoms with Gasteiger partial charge < -0.3 is 20.6 Å². The number of aliphatic hydroxyl groups excluding tert-OH is 1. The van der Waals surface area contributed by atoms with Gasteiger partial charge in [0.25, 0.3) is 0 Å². The third kappa shape index (κ3) is 5.10. The number of anilines is 3. The Bertz CT molecular complexity index is 1210. The molecule has 2 saturated heterocycles. The van der Waals surface area contributed by atoms with Gasteiger partial charge in [0.2, 0.25) is 5.95 Å². The van der Waals surface area contributed by atoms with Crippen molar-refractivity contribution in [3.05, 3.63) is 59.4 Å². The number of rotatable bonds is 6. The van der Waals surface area contributed by atoms with Gasteiger partial charge in [0.1, 0.15) is 17.5 Å². The fourth-order valence-electron chi connectivity index (χ4n) is 4.41. The SMILES string of the molecule is Cc1c(/C=C/CN2CCN(c3cc(F)cc(F)c3)CC2)cnn1-c1cc(N2CC(O)C2)nc(N)n1. The Labute approximate surface area is 202 Å². The maximum absolute atomic E-state index is 13.5. The third-order valence-corrected chi connectivity index (χ3v) is 6.41. The van der Waals surface area contributed by atoms with Gasteiger partial charge in [0.05, 0.1) is 18.0 Å². The van der Waals surface area contributed by atoms with Crippen LogP contribution in [-0.4, -0.2) is 81.7 Å². The van der Waals surface area contributed by atoms with Crippen molar-refractivity contribution in [3.63, 3.8) is 0 Å². The average molecular weight is 483 g/mol. The monoisotopic (exact) mass is 482 g/mol. The summed E-state index contributed by atoms with van der Waals surface area (Å²) in [7, 11) is 0. The number of nitrogen functional groups attached to an aromatic ring is 1. The lowest BCUT2D eigenvalue weighted by molar-refractivity contribution is 0.141. The van der Waals surface area contributed by atoms with E-state index in [0.29, 0.717) is 43.5 Å². The molecule has 9 nitrogen and oxygen atoms in total. The zero-order valence-electron chi connectivity index (χ0n) is 19.5. The maximum Gasteiger partial charge on any atom is 0.224 e. The summed E-state index contributed by atoms with van der Waals surface area (Å²) < 4.78 is 28.8. The molecule has 0 saturated carbocycles. The number of piperazine rings is 1. The highest BCUT2D eigenvalue weighted by atomic mass is 19.1. The number of hydrogen-bond donors (Lipinski definition) is 2. The van der Waals surface area contributed by atoms with Gasteiger partial charge in [-0.15, -0.1) is 0 Å². The highest BCUT2D eigenvalue weighted by Gasteiger charge is 2.26. The fourth-order valence-corrected chi connectivity index (χ4v) is 4.41. The van der Waals surface area contributed by atoms with E-state index < -0.39 is 11.6 Å². The summed E-state index contributed by atoms with van der Waals surface area (Å²) in [5.41, 5.74) is 8.39. The molecule has 3 N–H and O–H groups in total. The van der Waals surface area contributed by atoms with Crippen LogP contribution in [0.1, 0.15) is 11.3 Å². The Morgan fingerprint density at radius 3 is 2.37 bits per heavy atom. The number of nitrogens with two attached hydrogens (primary N) is 1. The average Bonchev–Trinajstić information content (AvgIpc) is 3.16. The van der Waals surface area contributed by atoms with Crippen molar-refractivity contribution in [1.29, 1.82) is 0 Å². The van der Waals surface area contributed by atoms with Crippen LogP contribution in [0, 0.1) is 18.6 Å². The summed E-state index contributed by atoms with van der Waals surface area (Å²) in [6, 6.07) is 5.46. The summed E-state index contributed by atoms with van der Waals surface area (Å²) in [6.07, 6.45) is 5.57. The van der Waals surface area contributed by atoms with Crippen LogP contribution in [0.4, 0.5) is 26.2 Å². The molecule has 2 aliphatic rings. The minimum absolute atomic E-state index is 0.158. The van der Waals surface area contributed by atoms with Crippen LogP contribution in [0.2, 0.25) is 0 Å². The van der Waals surface area contributed by atoms with Gasteiger partial charge in [-0.3, -0.25) is 4.90 Å². The molecule has 184 valence electrons.